The number of methoxy groups -OCH3 is 2. The van der Waals surface area contributed by atoms with Crippen LogP contribution in [0.3, 0.4) is 0 Å². The highest BCUT2D eigenvalue weighted by atomic mass is 16.5. The van der Waals surface area contributed by atoms with Gasteiger partial charge in [0.15, 0.2) is 0 Å². The van der Waals surface area contributed by atoms with Crippen LogP contribution in [0.2, 0.25) is 0 Å². The second-order valence-corrected chi connectivity index (χ2v) is 20.8. The van der Waals surface area contributed by atoms with Gasteiger partial charge < -0.3 is 47.7 Å². The normalized spacial score (nSPS) is 13.1. The Morgan fingerprint density at radius 3 is 1.15 bits per heavy atom. The van der Waals surface area contributed by atoms with E-state index < -0.39 is 0 Å². The Labute approximate surface area is 486 Å². The van der Waals surface area contributed by atoms with Crippen molar-refractivity contribution >= 4 is 42.7 Å². The second-order valence-electron chi connectivity index (χ2n) is 20.8. The predicted octanol–water partition coefficient (Wildman–Crippen LogP) is 16.0. The first-order valence-electron chi connectivity index (χ1n) is 32.0. The van der Waals surface area contributed by atoms with Crippen molar-refractivity contribution < 1.29 is 62.0 Å². The van der Waals surface area contributed by atoms with Gasteiger partial charge in [0.2, 0.25) is 0 Å². The van der Waals surface area contributed by atoms with Gasteiger partial charge >= 0.3 is 23.9 Å². The summed E-state index contributed by atoms with van der Waals surface area (Å²) in [7, 11) is 5.53. The molecule has 0 bridgehead atoms. The highest BCUT2D eigenvalue weighted by Gasteiger charge is 2.22. The third kappa shape index (κ3) is 70.8. The zero-order chi connectivity index (χ0) is 60.3. The van der Waals surface area contributed by atoms with Gasteiger partial charge in [-0.1, -0.05) is 197 Å². The summed E-state index contributed by atoms with van der Waals surface area (Å²) in [4.78, 5) is 79.1. The molecule has 2 atom stereocenters. The summed E-state index contributed by atoms with van der Waals surface area (Å²) in [6.45, 7) is 23.4. The van der Waals surface area contributed by atoms with Gasteiger partial charge in [-0.2, -0.15) is 0 Å². The van der Waals surface area contributed by atoms with Gasteiger partial charge in [0.25, 0.3) is 0 Å². The standard InChI is InChI=1S/C23H44O4.C15H26O4.C14H27NO3.C9H20O.C2H4O.C2H6/c1-4-7-9-11-13-15-17-26-22(24)19-21(6-3)20-23(25)27-18-16-14-12-10-8-5-2;1-2-3-4-5-6-7-12-19-15(18)13-14(8-10-16)9-11-17;1-4-12(11-17-3)9-14(16)18-13-7-5-6-8-15(2)10-13;1-3-4-5-6-7-8-9-10-2;1-2-3;1-2/h21H,4-20H2,1-3H3;10-11,14H,2-9,12-13H2,1H3;12-13H,4-11H2,1-3H3;3-9H2,1-2H3;2H,1H3;1-2H3. The fraction of sp³-hybridized carbons (Fsp3) is 0.892. The molecule has 1 aliphatic heterocycles. The Morgan fingerprint density at radius 2 is 0.810 bits per heavy atom. The summed E-state index contributed by atoms with van der Waals surface area (Å²) >= 11 is 0. The van der Waals surface area contributed by atoms with Crippen molar-refractivity contribution in [3.63, 3.8) is 0 Å². The maximum atomic E-state index is 11.9. The molecule has 470 valence electrons. The van der Waals surface area contributed by atoms with Crippen molar-refractivity contribution in [3.05, 3.63) is 0 Å². The number of aldehydes is 3. The summed E-state index contributed by atoms with van der Waals surface area (Å²) in [6.07, 6.45) is 38.3. The van der Waals surface area contributed by atoms with E-state index in [1.165, 1.54) is 129 Å². The lowest BCUT2D eigenvalue weighted by molar-refractivity contribution is -0.152. The smallest absolute Gasteiger partial charge is 0.306 e. The third-order valence-electron chi connectivity index (χ3n) is 13.4. The van der Waals surface area contributed by atoms with E-state index in [1.807, 2.05) is 20.8 Å². The number of hydrogen-bond acceptors (Lipinski definition) is 14. The molecule has 79 heavy (non-hydrogen) atoms. The number of unbranched alkanes of at least 4 members (excludes halogenated alkanes) is 20. The molecule has 1 heterocycles. The lowest BCUT2D eigenvalue weighted by Crippen LogP contribution is -2.31. The largest absolute Gasteiger partial charge is 0.466 e. The van der Waals surface area contributed by atoms with Crippen LogP contribution >= 0.6 is 0 Å². The minimum atomic E-state index is -0.303. The summed E-state index contributed by atoms with van der Waals surface area (Å²) in [5, 5.41) is 0. The molecule has 0 aromatic carbocycles. The Kier molecular flexibility index (Phi) is 77.9. The van der Waals surface area contributed by atoms with Crippen molar-refractivity contribution in [2.75, 3.05) is 67.4 Å². The van der Waals surface area contributed by atoms with Crippen molar-refractivity contribution in [2.45, 2.75) is 293 Å². The molecule has 0 aliphatic carbocycles. The van der Waals surface area contributed by atoms with Crippen molar-refractivity contribution in [3.8, 4) is 0 Å². The Morgan fingerprint density at radius 1 is 0.468 bits per heavy atom. The number of nitrogens with zero attached hydrogens (tertiary/aromatic N) is 1. The molecule has 0 amide bonds. The first-order valence-corrected chi connectivity index (χ1v) is 32.0. The average molecular weight is 1130 g/mol. The lowest BCUT2D eigenvalue weighted by atomic mass is 9.99. The van der Waals surface area contributed by atoms with Gasteiger partial charge in [0.05, 0.1) is 26.2 Å². The molecule has 0 aromatic heterocycles. The minimum Gasteiger partial charge on any atom is -0.466 e. The Hall–Kier alpha value is -3.23. The van der Waals surface area contributed by atoms with Crippen molar-refractivity contribution in [2.24, 2.45) is 17.8 Å². The van der Waals surface area contributed by atoms with Crippen LogP contribution in [0.4, 0.5) is 0 Å². The van der Waals surface area contributed by atoms with Crippen LogP contribution in [0.15, 0.2) is 0 Å². The average Bonchev–Trinajstić information content (AvgIpc) is 3.64. The Bertz CT molecular complexity index is 1250. The van der Waals surface area contributed by atoms with Gasteiger partial charge in [0.1, 0.15) is 25.0 Å². The van der Waals surface area contributed by atoms with Crippen LogP contribution in [-0.4, -0.2) is 121 Å². The van der Waals surface area contributed by atoms with Gasteiger partial charge in [-0.25, -0.2) is 0 Å². The van der Waals surface area contributed by atoms with E-state index in [1.54, 1.807) is 14.2 Å². The monoisotopic (exact) mass is 1130 g/mol. The third-order valence-corrected chi connectivity index (χ3v) is 13.4. The number of esters is 4. The maximum absolute atomic E-state index is 11.9. The summed E-state index contributed by atoms with van der Waals surface area (Å²) < 4.78 is 31.4. The van der Waals surface area contributed by atoms with Crippen LogP contribution in [0, 0.1) is 17.8 Å². The SMILES string of the molecule is CC.CC=O.CCC(COC)CC(=O)OC1CCCCN(C)C1.CCCCCCCCOC.CCCCCCCCOC(=O)CC(CC)CC(=O)OCCCCCCCC.CCCCCCCCOC(=O)CC(CC=O)CC=O. The van der Waals surface area contributed by atoms with E-state index in [0.717, 1.165) is 103 Å². The molecule has 0 radical (unpaired) electrons. The highest BCUT2D eigenvalue weighted by molar-refractivity contribution is 5.73. The molecule has 1 saturated heterocycles. The molecular formula is C65H127NO13. The van der Waals surface area contributed by atoms with Crippen molar-refractivity contribution in [1.29, 1.82) is 0 Å². The zero-order valence-electron chi connectivity index (χ0n) is 53.5. The minimum absolute atomic E-state index is 0.0270. The van der Waals surface area contributed by atoms with Crippen LogP contribution < -0.4 is 0 Å². The first-order chi connectivity index (χ1) is 38.4. The molecule has 0 spiro atoms. The highest BCUT2D eigenvalue weighted by Crippen LogP contribution is 2.18. The van der Waals surface area contributed by atoms with E-state index in [0.29, 0.717) is 45.7 Å². The second kappa shape index (κ2) is 72.8. The van der Waals surface area contributed by atoms with E-state index in [4.69, 9.17) is 33.2 Å². The fourth-order valence-electron chi connectivity index (χ4n) is 8.42. The van der Waals surface area contributed by atoms with Crippen LogP contribution in [0.5, 0.6) is 0 Å². The fourth-order valence-corrected chi connectivity index (χ4v) is 8.42. The van der Waals surface area contributed by atoms with Gasteiger partial charge in [-0.15, -0.1) is 0 Å². The number of likely N-dealkylation sites (tertiary alicyclic amines) is 1. The molecule has 1 aliphatic rings. The maximum Gasteiger partial charge on any atom is 0.306 e. The van der Waals surface area contributed by atoms with Gasteiger partial charge in [0, 0.05) is 66.1 Å². The summed E-state index contributed by atoms with van der Waals surface area (Å²) in [6, 6.07) is 0. The molecule has 1 rings (SSSR count). The number of ether oxygens (including phenoxy) is 6. The topological polar surface area (TPSA) is 178 Å². The molecule has 14 heteroatoms. The van der Waals surface area contributed by atoms with Gasteiger partial charge in [-0.05, 0) is 83.2 Å². The number of carbonyl (C=O) groups excluding carboxylic acids is 7. The Balaban J connectivity index is -0.000000312. The molecule has 14 nitrogen and oxygen atoms in total. The van der Waals surface area contributed by atoms with E-state index in [-0.39, 0.29) is 67.0 Å². The quantitative estimate of drug-likeness (QED) is 0.0243. The van der Waals surface area contributed by atoms with Crippen LogP contribution in [0.25, 0.3) is 0 Å². The number of likely N-dealkylation sites (N-methyl/N-ethyl adjacent to an activating group) is 1. The van der Waals surface area contributed by atoms with E-state index in [9.17, 15) is 28.8 Å². The summed E-state index contributed by atoms with van der Waals surface area (Å²) in [5.41, 5.74) is 0. The number of rotatable bonds is 45. The van der Waals surface area contributed by atoms with Crippen molar-refractivity contribution in [1.82, 2.24) is 4.90 Å². The first kappa shape index (κ1) is 84.6. The molecular weight excluding hydrogens is 1000 g/mol. The lowest BCUT2D eigenvalue weighted by Gasteiger charge is -2.21. The summed E-state index contributed by atoms with van der Waals surface area (Å²) in [5.74, 6) is -0.628. The van der Waals surface area contributed by atoms with Gasteiger partial charge in [-0.3, -0.25) is 19.2 Å². The van der Waals surface area contributed by atoms with Crippen LogP contribution in [0.1, 0.15) is 287 Å². The van der Waals surface area contributed by atoms with Crippen LogP contribution in [-0.2, 0) is 62.0 Å². The number of carbonyl (C=O) groups is 7. The molecule has 2 unspecified atom stereocenters. The molecule has 0 saturated carbocycles. The van der Waals surface area contributed by atoms with E-state index >= 15 is 0 Å². The van der Waals surface area contributed by atoms with E-state index in [2.05, 4.69) is 46.6 Å². The molecule has 0 aromatic rings. The number of hydrogen-bond donors (Lipinski definition) is 0. The predicted molar refractivity (Wildman–Crippen MR) is 325 cm³/mol. The zero-order valence-corrected chi connectivity index (χ0v) is 53.5. The molecule has 0 N–H and O–H groups in total. The molecule has 1 fully saturated rings.